The third-order valence-electron chi connectivity index (χ3n) is 8.54. The lowest BCUT2D eigenvalue weighted by Crippen LogP contribution is -2.59. The summed E-state index contributed by atoms with van der Waals surface area (Å²) in [7, 11) is 1.12. The van der Waals surface area contributed by atoms with Crippen LogP contribution in [0.4, 0.5) is 18.2 Å². The Balaban J connectivity index is 2.14. The summed E-state index contributed by atoms with van der Waals surface area (Å²) in [5.41, 5.74) is 5.28. The Morgan fingerprint density at radius 3 is 1.92 bits per heavy atom. The molecule has 13 nitrogen and oxygen atoms in total. The van der Waals surface area contributed by atoms with Crippen molar-refractivity contribution in [3.63, 3.8) is 0 Å². The molecule has 0 fully saturated rings. The molecular formula is C36H51F3N6O7S. The summed E-state index contributed by atoms with van der Waals surface area (Å²) >= 11 is 0.791. The predicted octanol–water partition coefficient (Wildman–Crippen LogP) is 4.11. The van der Waals surface area contributed by atoms with Gasteiger partial charge in [-0.3, -0.25) is 24.0 Å². The van der Waals surface area contributed by atoms with Crippen LogP contribution in [0.2, 0.25) is 0 Å². The van der Waals surface area contributed by atoms with Crippen molar-refractivity contribution in [1.29, 1.82) is 0 Å². The van der Waals surface area contributed by atoms with E-state index in [0.29, 0.717) is 0 Å². The van der Waals surface area contributed by atoms with Crippen LogP contribution in [0.15, 0.2) is 24.3 Å². The lowest BCUT2D eigenvalue weighted by Gasteiger charge is -2.28. The standard InChI is InChI=1S/C36H51F3N6O7S/c1-10-23(21-12-11-13-22(16-21)36(37,38)39)29(46)45-34-24(35(51)52-9)20(8)28(53-34)33(50)42-15-14-41-31(48)26(18(4)5)44-32(49)27(19(6)7)43-30(47)25(40)17(2)3/h11-13,16-19,23,25-27H,10,14-15,40H2,1-9H3,(H,41,48)(H,42,50)(H,43,47)(H,44,49)(H,45,46)/t23?,25-,26-,27-/m0/s1. The first kappa shape index (κ1) is 44.7. The molecule has 1 unspecified atom stereocenters. The zero-order valence-electron chi connectivity index (χ0n) is 31.4. The Morgan fingerprint density at radius 1 is 0.830 bits per heavy atom. The van der Waals surface area contributed by atoms with Gasteiger partial charge in [0.15, 0.2) is 0 Å². The molecule has 1 aromatic heterocycles. The number of amides is 5. The molecule has 0 bridgehead atoms. The van der Waals surface area contributed by atoms with Crippen LogP contribution >= 0.6 is 11.3 Å². The van der Waals surface area contributed by atoms with Gasteiger partial charge in [-0.05, 0) is 48.3 Å². The van der Waals surface area contributed by atoms with Crippen molar-refractivity contribution < 1.29 is 46.7 Å². The Hall–Kier alpha value is -4.51. The van der Waals surface area contributed by atoms with E-state index >= 15 is 0 Å². The molecule has 0 aliphatic carbocycles. The number of ether oxygens (including phenoxy) is 1. The fourth-order valence-corrected chi connectivity index (χ4v) is 6.40. The van der Waals surface area contributed by atoms with Crippen LogP contribution < -0.4 is 32.3 Å². The number of benzene rings is 1. The van der Waals surface area contributed by atoms with Crippen LogP contribution in [0.1, 0.15) is 97.5 Å². The van der Waals surface area contributed by atoms with Gasteiger partial charge < -0.3 is 37.1 Å². The van der Waals surface area contributed by atoms with Crippen molar-refractivity contribution in [2.75, 3.05) is 25.5 Å². The molecule has 2 rings (SSSR count). The molecule has 17 heteroatoms. The van der Waals surface area contributed by atoms with Gasteiger partial charge >= 0.3 is 12.1 Å². The first-order chi connectivity index (χ1) is 24.7. The second-order valence-electron chi connectivity index (χ2n) is 13.6. The maximum Gasteiger partial charge on any atom is 0.416 e. The van der Waals surface area contributed by atoms with Crippen LogP contribution in [0.3, 0.4) is 0 Å². The van der Waals surface area contributed by atoms with Crippen LogP contribution in [0, 0.1) is 24.7 Å². The highest BCUT2D eigenvalue weighted by atomic mass is 32.1. The molecule has 4 atom stereocenters. The van der Waals surface area contributed by atoms with Gasteiger partial charge in [-0.15, -0.1) is 11.3 Å². The van der Waals surface area contributed by atoms with Gasteiger partial charge in [-0.25, -0.2) is 4.79 Å². The van der Waals surface area contributed by atoms with E-state index < -0.39 is 71.3 Å². The van der Waals surface area contributed by atoms with Crippen LogP contribution in [-0.2, 0) is 30.1 Å². The van der Waals surface area contributed by atoms with Crippen molar-refractivity contribution in [3.05, 3.63) is 51.4 Å². The van der Waals surface area contributed by atoms with Gasteiger partial charge in [0.2, 0.25) is 23.6 Å². The molecule has 1 aromatic carbocycles. The summed E-state index contributed by atoms with van der Waals surface area (Å²) < 4.78 is 44.9. The first-order valence-electron chi connectivity index (χ1n) is 17.3. The number of carbonyl (C=O) groups is 6. The highest BCUT2D eigenvalue weighted by Crippen LogP contribution is 2.36. The summed E-state index contributed by atoms with van der Waals surface area (Å²) in [6, 6.07) is 1.70. The zero-order chi connectivity index (χ0) is 40.4. The highest BCUT2D eigenvalue weighted by molar-refractivity contribution is 7.18. The SMILES string of the molecule is CCC(C(=O)Nc1sc(C(=O)NCCNC(=O)[C@@H](NC(=O)[C@@H](NC(=O)[C@@H](N)C(C)C)C(C)C)C(C)C)c(C)c1C(=O)OC)c1cccc(C(F)(F)F)c1. The minimum Gasteiger partial charge on any atom is -0.465 e. The van der Waals surface area contributed by atoms with Gasteiger partial charge in [-0.1, -0.05) is 66.7 Å². The molecule has 0 saturated carbocycles. The van der Waals surface area contributed by atoms with Crippen LogP contribution in [0.5, 0.6) is 0 Å². The molecule has 294 valence electrons. The van der Waals surface area contributed by atoms with Gasteiger partial charge in [0.25, 0.3) is 5.91 Å². The number of thiophene rings is 1. The predicted molar refractivity (Wildman–Crippen MR) is 195 cm³/mol. The second kappa shape index (κ2) is 19.5. The monoisotopic (exact) mass is 768 g/mol. The van der Waals surface area contributed by atoms with Crippen molar-refractivity contribution >= 4 is 51.8 Å². The summed E-state index contributed by atoms with van der Waals surface area (Å²) in [6.07, 6.45) is -4.46. The van der Waals surface area contributed by atoms with Crippen LogP contribution in [0.25, 0.3) is 0 Å². The smallest absolute Gasteiger partial charge is 0.416 e. The summed E-state index contributed by atoms with van der Waals surface area (Å²) in [5.74, 6) is -5.48. The number of methoxy groups -OCH3 is 1. The molecule has 1 heterocycles. The van der Waals surface area contributed by atoms with E-state index in [1.807, 2.05) is 0 Å². The van der Waals surface area contributed by atoms with Crippen LogP contribution in [-0.4, -0.2) is 73.8 Å². The maximum absolute atomic E-state index is 13.3. The third-order valence-corrected chi connectivity index (χ3v) is 9.75. The van der Waals surface area contributed by atoms with Crippen molar-refractivity contribution in [2.45, 2.75) is 92.0 Å². The van der Waals surface area contributed by atoms with E-state index in [1.165, 1.54) is 19.1 Å². The van der Waals surface area contributed by atoms with Gasteiger partial charge in [0.05, 0.1) is 35.1 Å². The zero-order valence-corrected chi connectivity index (χ0v) is 32.3. The molecule has 5 amide bonds. The Morgan fingerprint density at radius 2 is 1.40 bits per heavy atom. The van der Waals surface area contributed by atoms with E-state index in [2.05, 4.69) is 26.6 Å². The molecule has 0 saturated heterocycles. The third kappa shape index (κ3) is 12.0. The number of alkyl halides is 3. The lowest BCUT2D eigenvalue weighted by molar-refractivity contribution is -0.137. The summed E-state index contributed by atoms with van der Waals surface area (Å²) in [5, 5.41) is 13.3. The van der Waals surface area contributed by atoms with Crippen molar-refractivity contribution in [2.24, 2.45) is 23.5 Å². The normalized spacial score (nSPS) is 13.9. The molecule has 0 radical (unpaired) electrons. The van der Waals surface area contributed by atoms with E-state index in [1.54, 1.807) is 48.5 Å². The van der Waals surface area contributed by atoms with E-state index in [0.717, 1.165) is 30.6 Å². The molecule has 53 heavy (non-hydrogen) atoms. The van der Waals surface area contributed by atoms with Gasteiger partial charge in [-0.2, -0.15) is 13.2 Å². The maximum atomic E-state index is 13.3. The molecule has 0 aliphatic rings. The number of nitrogens with two attached hydrogens (primary N) is 1. The Kier molecular flexibility index (Phi) is 16.5. The Bertz CT molecular complexity index is 1640. The van der Waals surface area contributed by atoms with Crippen molar-refractivity contribution in [1.82, 2.24) is 21.3 Å². The summed E-state index contributed by atoms with van der Waals surface area (Å²) in [4.78, 5) is 78.2. The average Bonchev–Trinajstić information content (AvgIpc) is 3.41. The Labute approximate surface area is 311 Å². The quantitative estimate of drug-likeness (QED) is 0.102. The number of carbonyl (C=O) groups excluding carboxylic acids is 6. The average molecular weight is 769 g/mol. The van der Waals surface area contributed by atoms with Gasteiger partial charge in [0.1, 0.15) is 17.1 Å². The summed E-state index contributed by atoms with van der Waals surface area (Å²) in [6.45, 7) is 13.6. The largest absolute Gasteiger partial charge is 0.465 e. The minimum atomic E-state index is -4.61. The second-order valence-corrected chi connectivity index (χ2v) is 14.6. The number of esters is 1. The fraction of sp³-hybridized carbons (Fsp3) is 0.556. The molecule has 7 N–H and O–H groups in total. The number of hydrogen-bond acceptors (Lipinski definition) is 9. The van der Waals surface area contributed by atoms with E-state index in [-0.39, 0.29) is 63.8 Å². The molecule has 0 spiro atoms. The lowest BCUT2D eigenvalue weighted by atomic mass is 9.94. The van der Waals surface area contributed by atoms with E-state index in [4.69, 9.17) is 10.5 Å². The number of rotatable bonds is 17. The highest BCUT2D eigenvalue weighted by Gasteiger charge is 2.34. The number of halogens is 3. The number of nitrogens with one attached hydrogen (secondary N) is 5. The molecule has 0 aliphatic heterocycles. The fourth-order valence-electron chi connectivity index (χ4n) is 5.29. The van der Waals surface area contributed by atoms with Crippen molar-refractivity contribution in [3.8, 4) is 0 Å². The number of anilines is 1. The molecular weight excluding hydrogens is 717 g/mol. The minimum absolute atomic E-state index is 0.0131. The topological polar surface area (TPSA) is 198 Å². The van der Waals surface area contributed by atoms with E-state index in [9.17, 15) is 41.9 Å². The van der Waals surface area contributed by atoms with Gasteiger partial charge in [0, 0.05) is 13.1 Å². The number of hydrogen-bond donors (Lipinski definition) is 6. The molecule has 2 aromatic rings. The first-order valence-corrected chi connectivity index (χ1v) is 18.1.